The summed E-state index contributed by atoms with van der Waals surface area (Å²) in [5.41, 5.74) is 0. The van der Waals surface area contributed by atoms with Gasteiger partial charge in [0.25, 0.3) is 0 Å². The summed E-state index contributed by atoms with van der Waals surface area (Å²) in [6.45, 7) is 6.39. The molecule has 1 N–H and O–H groups in total. The molecule has 0 aliphatic rings. The Morgan fingerprint density at radius 2 is 0.833 bits per heavy atom. The van der Waals surface area contributed by atoms with Gasteiger partial charge in [0.15, 0.2) is 0 Å². The minimum atomic E-state index is -0.446. The van der Waals surface area contributed by atoms with Crippen LogP contribution in [0.4, 0.5) is 0 Å². The van der Waals surface area contributed by atoms with E-state index in [0.717, 1.165) is 13.1 Å². The first kappa shape index (κ1) is 18.4. The average molecular weight is 335 g/mol. The van der Waals surface area contributed by atoms with Gasteiger partial charge in [0, 0.05) is 0 Å². The molecule has 0 fully saturated rings. The fraction of sp³-hybridized carbons (Fsp3) is 0.182. The lowest BCUT2D eigenvalue weighted by Gasteiger charge is -2.18. The highest BCUT2D eigenvalue weighted by Crippen LogP contribution is 2.32. The van der Waals surface area contributed by atoms with Crippen LogP contribution in [0.2, 0.25) is 0 Å². The highest BCUT2D eigenvalue weighted by molar-refractivity contribution is 7.79. The van der Waals surface area contributed by atoms with Gasteiger partial charge in [0.05, 0.1) is 0 Å². The molecular weight excluding hydrogens is 309 g/mol. The lowest BCUT2D eigenvalue weighted by molar-refractivity contribution is 0.762. The Morgan fingerprint density at radius 3 is 1.04 bits per heavy atom. The standard InChI is InChI=1S/C18H15P.C4H11N/c1-4-10-16(11-5-1)19(17-12-6-2-7-13-17)18-14-8-3-9-15-18;1-3-5-4-2/h1-15H;5H,3-4H2,1-2H3. The third-order valence-electron chi connectivity index (χ3n) is 3.54. The van der Waals surface area contributed by atoms with Gasteiger partial charge in [-0.15, -0.1) is 0 Å². The Bertz CT molecular complexity index is 572. The van der Waals surface area contributed by atoms with Crippen LogP contribution in [0.1, 0.15) is 13.8 Å². The van der Waals surface area contributed by atoms with Crippen molar-refractivity contribution in [3.63, 3.8) is 0 Å². The SMILES string of the molecule is CCNCC.c1ccc(P(c2ccccc2)c2ccccc2)cc1. The van der Waals surface area contributed by atoms with Crippen LogP contribution in [-0.2, 0) is 0 Å². The summed E-state index contributed by atoms with van der Waals surface area (Å²) in [5.74, 6) is 0. The molecule has 0 aromatic heterocycles. The van der Waals surface area contributed by atoms with E-state index in [4.69, 9.17) is 0 Å². The quantitative estimate of drug-likeness (QED) is 0.693. The molecule has 0 bridgehead atoms. The summed E-state index contributed by atoms with van der Waals surface area (Å²) in [6.07, 6.45) is 0. The lowest BCUT2D eigenvalue weighted by Crippen LogP contribution is -2.20. The minimum absolute atomic E-state index is 0.446. The Labute approximate surface area is 147 Å². The maximum atomic E-state index is 3.11. The van der Waals surface area contributed by atoms with Crippen molar-refractivity contribution in [2.24, 2.45) is 0 Å². The first-order chi connectivity index (χ1) is 11.9. The van der Waals surface area contributed by atoms with E-state index in [0.29, 0.717) is 0 Å². The third kappa shape index (κ3) is 5.60. The summed E-state index contributed by atoms with van der Waals surface area (Å²) in [7, 11) is -0.446. The predicted octanol–water partition coefficient (Wildman–Crippen LogP) is 4.06. The smallest absolute Gasteiger partial charge is 0.00775 e. The van der Waals surface area contributed by atoms with Crippen molar-refractivity contribution in [2.45, 2.75) is 13.8 Å². The van der Waals surface area contributed by atoms with E-state index in [1.165, 1.54) is 15.9 Å². The summed E-state index contributed by atoms with van der Waals surface area (Å²) in [4.78, 5) is 0. The number of hydrogen-bond donors (Lipinski definition) is 1. The molecule has 0 radical (unpaired) electrons. The molecule has 0 unspecified atom stereocenters. The third-order valence-corrected chi connectivity index (χ3v) is 5.99. The molecule has 0 amide bonds. The van der Waals surface area contributed by atoms with Crippen molar-refractivity contribution in [2.75, 3.05) is 13.1 Å². The Balaban J connectivity index is 0.000000368. The molecule has 3 rings (SSSR count). The molecule has 0 aliphatic heterocycles. The second-order valence-corrected chi connectivity index (χ2v) is 7.52. The van der Waals surface area contributed by atoms with Gasteiger partial charge in [0.2, 0.25) is 0 Å². The van der Waals surface area contributed by atoms with Crippen LogP contribution in [-0.4, -0.2) is 13.1 Å². The molecule has 0 saturated carbocycles. The van der Waals surface area contributed by atoms with E-state index in [2.05, 4.69) is 110 Å². The van der Waals surface area contributed by atoms with Crippen LogP contribution in [0.5, 0.6) is 0 Å². The zero-order valence-corrected chi connectivity index (χ0v) is 15.4. The van der Waals surface area contributed by atoms with Gasteiger partial charge in [0.1, 0.15) is 0 Å². The fourth-order valence-corrected chi connectivity index (χ4v) is 4.73. The molecule has 0 aliphatic carbocycles. The first-order valence-electron chi connectivity index (χ1n) is 8.52. The Hall–Kier alpha value is -1.95. The van der Waals surface area contributed by atoms with Crippen molar-refractivity contribution < 1.29 is 0 Å². The fourth-order valence-electron chi connectivity index (χ4n) is 2.43. The molecule has 0 heterocycles. The maximum Gasteiger partial charge on any atom is -0.00775 e. The zero-order chi connectivity index (χ0) is 17.0. The van der Waals surface area contributed by atoms with E-state index >= 15 is 0 Å². The molecule has 0 atom stereocenters. The maximum absolute atomic E-state index is 3.11. The van der Waals surface area contributed by atoms with Crippen LogP contribution in [0.15, 0.2) is 91.0 Å². The van der Waals surface area contributed by atoms with Gasteiger partial charge >= 0.3 is 0 Å². The van der Waals surface area contributed by atoms with E-state index in [1.807, 2.05) is 0 Å². The highest BCUT2D eigenvalue weighted by Gasteiger charge is 2.14. The number of benzene rings is 3. The average Bonchev–Trinajstić information content (AvgIpc) is 2.66. The Kier molecular flexibility index (Phi) is 8.24. The summed E-state index contributed by atoms with van der Waals surface area (Å²) in [6, 6.07) is 32.3. The van der Waals surface area contributed by atoms with Crippen molar-refractivity contribution >= 4 is 23.8 Å². The first-order valence-corrected chi connectivity index (χ1v) is 9.87. The molecule has 3 aromatic carbocycles. The van der Waals surface area contributed by atoms with Crippen molar-refractivity contribution in [1.82, 2.24) is 5.32 Å². The molecule has 2 heteroatoms. The minimum Gasteiger partial charge on any atom is -0.317 e. The molecule has 0 saturated heterocycles. The summed E-state index contributed by atoms with van der Waals surface area (Å²) in [5, 5.41) is 7.31. The van der Waals surface area contributed by atoms with Gasteiger partial charge in [-0.25, -0.2) is 0 Å². The number of hydrogen-bond acceptors (Lipinski definition) is 1. The van der Waals surface area contributed by atoms with E-state index in [1.54, 1.807) is 0 Å². The van der Waals surface area contributed by atoms with Gasteiger partial charge in [-0.1, -0.05) is 105 Å². The number of nitrogens with one attached hydrogen (secondary N) is 1. The van der Waals surface area contributed by atoms with E-state index in [9.17, 15) is 0 Å². The molecule has 0 spiro atoms. The molecule has 124 valence electrons. The second-order valence-electron chi connectivity index (χ2n) is 5.30. The van der Waals surface area contributed by atoms with Crippen molar-refractivity contribution in [1.29, 1.82) is 0 Å². The van der Waals surface area contributed by atoms with E-state index in [-0.39, 0.29) is 0 Å². The molecule has 24 heavy (non-hydrogen) atoms. The summed E-state index contributed by atoms with van der Waals surface area (Å²) >= 11 is 0. The molecule has 1 nitrogen and oxygen atoms in total. The van der Waals surface area contributed by atoms with Crippen LogP contribution in [0.25, 0.3) is 0 Å². The van der Waals surface area contributed by atoms with Gasteiger partial charge < -0.3 is 5.32 Å². The molecular formula is C22H26NP. The largest absolute Gasteiger partial charge is 0.317 e. The highest BCUT2D eigenvalue weighted by atomic mass is 31.1. The monoisotopic (exact) mass is 335 g/mol. The number of rotatable bonds is 5. The second kappa shape index (κ2) is 10.8. The van der Waals surface area contributed by atoms with Crippen LogP contribution in [0.3, 0.4) is 0 Å². The molecule has 3 aromatic rings. The van der Waals surface area contributed by atoms with E-state index < -0.39 is 7.92 Å². The van der Waals surface area contributed by atoms with Gasteiger partial charge in [-0.05, 0) is 36.9 Å². The van der Waals surface area contributed by atoms with Gasteiger partial charge in [-0.2, -0.15) is 0 Å². The predicted molar refractivity (Wildman–Crippen MR) is 109 cm³/mol. The van der Waals surface area contributed by atoms with Gasteiger partial charge in [-0.3, -0.25) is 0 Å². The van der Waals surface area contributed by atoms with Crippen molar-refractivity contribution in [3.8, 4) is 0 Å². The Morgan fingerprint density at radius 1 is 0.542 bits per heavy atom. The normalized spacial score (nSPS) is 10.1. The summed E-state index contributed by atoms with van der Waals surface area (Å²) < 4.78 is 0. The van der Waals surface area contributed by atoms with Crippen molar-refractivity contribution in [3.05, 3.63) is 91.0 Å². The van der Waals surface area contributed by atoms with Crippen LogP contribution < -0.4 is 21.2 Å². The topological polar surface area (TPSA) is 12.0 Å². The van der Waals surface area contributed by atoms with Crippen LogP contribution in [0, 0.1) is 0 Å². The lowest BCUT2D eigenvalue weighted by atomic mass is 10.4. The zero-order valence-electron chi connectivity index (χ0n) is 14.5. The van der Waals surface area contributed by atoms with Crippen LogP contribution >= 0.6 is 7.92 Å².